The minimum absolute atomic E-state index is 1.15. The van der Waals surface area contributed by atoms with E-state index in [0.717, 1.165) is 5.57 Å². The van der Waals surface area contributed by atoms with E-state index in [4.69, 9.17) is 0 Å². The van der Waals surface area contributed by atoms with Crippen molar-refractivity contribution in [3.8, 4) is 11.1 Å². The molecular weight excluding hydrogens is 657 g/mol. The molecule has 1 aliphatic carbocycles. The van der Waals surface area contributed by atoms with Gasteiger partial charge in [0, 0.05) is 14.6 Å². The maximum atomic E-state index is 4.12. The van der Waals surface area contributed by atoms with Gasteiger partial charge in [0.15, 0.2) is 0 Å². The average Bonchev–Trinajstić information content (AvgIpc) is 3.51. The second-order valence-electron chi connectivity index (χ2n) is 12.8. The molecule has 0 aliphatic heterocycles. The van der Waals surface area contributed by atoms with Crippen LogP contribution >= 0.6 is 11.3 Å². The van der Waals surface area contributed by atoms with Crippen molar-refractivity contribution in [2.24, 2.45) is 0 Å². The fourth-order valence-corrected chi connectivity index (χ4v) is 7.35. The predicted molar refractivity (Wildman–Crippen MR) is 241 cm³/mol. The van der Waals surface area contributed by atoms with E-state index in [0.29, 0.717) is 0 Å². The molecular formula is C52H48S. The molecule has 0 spiro atoms. The number of fused-ring (bicyclic) bond motifs is 7. The van der Waals surface area contributed by atoms with Gasteiger partial charge in [0.2, 0.25) is 0 Å². The molecule has 0 nitrogen and oxygen atoms in total. The first kappa shape index (κ1) is 38.2. The molecule has 0 amide bonds. The third kappa shape index (κ3) is 9.65. The van der Waals surface area contributed by atoms with E-state index in [1.807, 2.05) is 48.6 Å². The van der Waals surface area contributed by atoms with Gasteiger partial charge in [-0.3, -0.25) is 0 Å². The van der Waals surface area contributed by atoms with Crippen molar-refractivity contribution in [3.05, 3.63) is 213 Å². The van der Waals surface area contributed by atoms with E-state index in [1.54, 1.807) is 12.2 Å². The lowest BCUT2D eigenvalue weighted by Gasteiger charge is -2.10. The molecule has 7 rings (SSSR count). The lowest BCUT2D eigenvalue weighted by atomic mass is 9.93. The van der Waals surface area contributed by atoms with Crippen molar-refractivity contribution in [1.82, 2.24) is 0 Å². The largest absolute Gasteiger partial charge is 0.135 e. The van der Waals surface area contributed by atoms with Gasteiger partial charge < -0.3 is 0 Å². The third-order valence-corrected chi connectivity index (χ3v) is 10.1. The first-order valence-corrected chi connectivity index (χ1v) is 18.8. The highest BCUT2D eigenvalue weighted by Gasteiger charge is 2.09. The van der Waals surface area contributed by atoms with Gasteiger partial charge in [0.05, 0.1) is 0 Å². The molecule has 0 unspecified atom stereocenters. The molecule has 262 valence electrons. The quantitative estimate of drug-likeness (QED) is 0.124. The molecule has 0 saturated heterocycles. The van der Waals surface area contributed by atoms with Crippen molar-refractivity contribution >= 4 is 69.3 Å². The maximum Gasteiger partial charge on any atom is 0.0355 e. The highest BCUT2D eigenvalue weighted by atomic mass is 32.1. The van der Waals surface area contributed by atoms with Crippen molar-refractivity contribution < 1.29 is 0 Å². The van der Waals surface area contributed by atoms with E-state index in [1.165, 1.54) is 74.4 Å². The Morgan fingerprint density at radius 3 is 1.79 bits per heavy atom. The van der Waals surface area contributed by atoms with Gasteiger partial charge in [-0.1, -0.05) is 200 Å². The highest BCUT2D eigenvalue weighted by Crippen LogP contribution is 2.27. The van der Waals surface area contributed by atoms with Crippen LogP contribution in [-0.4, -0.2) is 0 Å². The van der Waals surface area contributed by atoms with Gasteiger partial charge in [-0.05, 0) is 94.6 Å². The number of benzene rings is 5. The van der Waals surface area contributed by atoms with Crippen LogP contribution in [0.25, 0.3) is 69.1 Å². The molecule has 0 fully saturated rings. The molecule has 0 bridgehead atoms. The SMILES string of the molecule is C=C/C=C(/C)C=C.C=Cc1c(/C=C\C)sc2/c1=C\C=C/C=C/C=c1\c(c3ccc(-c4ccc(C)cc4)cc3c3ccccc13)=C/C=2.Cc1ccccc1. The maximum absolute atomic E-state index is 4.12. The van der Waals surface area contributed by atoms with E-state index < -0.39 is 0 Å². The number of thiophene rings is 1. The van der Waals surface area contributed by atoms with Crippen LogP contribution in [0.2, 0.25) is 0 Å². The Kier molecular flexibility index (Phi) is 13.7. The molecule has 1 heterocycles. The van der Waals surface area contributed by atoms with Crippen LogP contribution in [-0.2, 0) is 0 Å². The summed E-state index contributed by atoms with van der Waals surface area (Å²) in [5.74, 6) is 0. The Morgan fingerprint density at radius 1 is 0.585 bits per heavy atom. The summed E-state index contributed by atoms with van der Waals surface area (Å²) in [6.45, 7) is 19.5. The van der Waals surface area contributed by atoms with E-state index >= 15 is 0 Å². The molecule has 0 N–H and O–H groups in total. The number of hydrogen-bond acceptors (Lipinski definition) is 1. The molecule has 5 aromatic carbocycles. The zero-order valence-corrected chi connectivity index (χ0v) is 32.2. The minimum Gasteiger partial charge on any atom is -0.135 e. The van der Waals surface area contributed by atoms with Crippen molar-refractivity contribution in [2.45, 2.75) is 27.7 Å². The zero-order valence-electron chi connectivity index (χ0n) is 31.4. The van der Waals surface area contributed by atoms with Crippen LogP contribution in [0, 0.1) is 13.8 Å². The second-order valence-corrected chi connectivity index (χ2v) is 13.9. The van der Waals surface area contributed by atoms with E-state index in [2.05, 4.69) is 180 Å². The number of rotatable bonds is 5. The van der Waals surface area contributed by atoms with Crippen LogP contribution in [0.15, 0.2) is 171 Å². The smallest absolute Gasteiger partial charge is 0.0355 e. The summed E-state index contributed by atoms with van der Waals surface area (Å²) in [5.41, 5.74) is 7.40. The lowest BCUT2D eigenvalue weighted by Crippen LogP contribution is -2.27. The van der Waals surface area contributed by atoms with Gasteiger partial charge in [-0.25, -0.2) is 0 Å². The van der Waals surface area contributed by atoms with Gasteiger partial charge in [0.25, 0.3) is 0 Å². The Bertz CT molecular complexity index is 2620. The summed E-state index contributed by atoms with van der Waals surface area (Å²) in [6.07, 6.45) is 29.2. The highest BCUT2D eigenvalue weighted by molar-refractivity contribution is 7.11. The molecule has 1 aromatic heterocycles. The van der Waals surface area contributed by atoms with Crippen molar-refractivity contribution in [3.63, 3.8) is 0 Å². The fourth-order valence-electron chi connectivity index (χ4n) is 6.18. The first-order chi connectivity index (χ1) is 25.9. The van der Waals surface area contributed by atoms with E-state index in [9.17, 15) is 0 Å². The molecule has 0 atom stereocenters. The Labute approximate surface area is 319 Å². The summed E-state index contributed by atoms with van der Waals surface area (Å²) >= 11 is 1.81. The number of aryl methyl sites for hydroxylation is 2. The molecule has 1 heteroatoms. The molecule has 1 aliphatic rings. The van der Waals surface area contributed by atoms with Crippen LogP contribution in [0.3, 0.4) is 0 Å². The third-order valence-electron chi connectivity index (χ3n) is 8.96. The van der Waals surface area contributed by atoms with Gasteiger partial charge in [0.1, 0.15) is 0 Å². The van der Waals surface area contributed by atoms with Gasteiger partial charge in [-0.15, -0.1) is 11.3 Å². The molecule has 6 aromatic rings. The predicted octanol–water partition coefficient (Wildman–Crippen LogP) is 12.0. The summed E-state index contributed by atoms with van der Waals surface area (Å²) in [5, 5.41) is 8.75. The average molecular weight is 705 g/mol. The van der Waals surface area contributed by atoms with Crippen LogP contribution in [0.4, 0.5) is 0 Å². The normalized spacial score (nSPS) is 15.9. The minimum atomic E-state index is 1.15. The van der Waals surface area contributed by atoms with E-state index in [-0.39, 0.29) is 0 Å². The Morgan fingerprint density at radius 2 is 1.19 bits per heavy atom. The number of hydrogen-bond donors (Lipinski definition) is 0. The summed E-state index contributed by atoms with van der Waals surface area (Å²) in [7, 11) is 0. The summed E-state index contributed by atoms with van der Waals surface area (Å²) in [6, 6.07) is 34.8. The topological polar surface area (TPSA) is 0 Å². The lowest BCUT2D eigenvalue weighted by molar-refractivity contribution is 1.47. The summed E-state index contributed by atoms with van der Waals surface area (Å²) < 4.78 is 1.23. The molecule has 0 saturated carbocycles. The molecule has 53 heavy (non-hydrogen) atoms. The first-order valence-electron chi connectivity index (χ1n) is 18.0. The van der Waals surface area contributed by atoms with Gasteiger partial charge >= 0.3 is 0 Å². The van der Waals surface area contributed by atoms with Crippen molar-refractivity contribution in [1.29, 1.82) is 0 Å². The number of allylic oxidation sites excluding steroid dienone is 9. The summed E-state index contributed by atoms with van der Waals surface area (Å²) in [4.78, 5) is 1.23. The fraction of sp³-hybridized carbons (Fsp3) is 0.0769. The second kappa shape index (κ2) is 19.0. The monoisotopic (exact) mass is 704 g/mol. The van der Waals surface area contributed by atoms with Crippen LogP contribution in [0.5, 0.6) is 0 Å². The molecule has 0 radical (unpaired) electrons. The van der Waals surface area contributed by atoms with Gasteiger partial charge in [-0.2, -0.15) is 0 Å². The van der Waals surface area contributed by atoms with Crippen LogP contribution < -0.4 is 20.2 Å². The van der Waals surface area contributed by atoms with Crippen molar-refractivity contribution in [2.75, 3.05) is 0 Å². The van der Waals surface area contributed by atoms with Crippen LogP contribution in [0.1, 0.15) is 35.4 Å². The zero-order chi connectivity index (χ0) is 37.6. The Balaban J connectivity index is 0.000000325. The Hall–Kier alpha value is -6.02. The standard InChI is InChI=1S/C38H30S.C7H8.C7H10/c1-4-12-37-29(5-2)35-16-9-7-6-8-13-31-30-14-10-11-15-32(30)36-25-28(27-19-17-26(3)18-20-27)21-22-34(36)33(31)23-24-38(35)39-37;1-7-5-3-2-4-6-7;1-4-6-7(3)5-2/h4-25H,2H2,1,3H3;2-6H,1H3;4-6H,1-2H2,3H3/b7-6?,8-6+,9-7-,12-4-,13-8?,16-9?,24-23?,31-13-,33-23+,35-16-,38-24-;;7-6-.